The Hall–Kier alpha value is -1.05. The zero-order valence-corrected chi connectivity index (χ0v) is 7.96. The van der Waals surface area contributed by atoms with E-state index in [9.17, 15) is 4.79 Å². The van der Waals surface area contributed by atoms with E-state index >= 15 is 0 Å². The summed E-state index contributed by atoms with van der Waals surface area (Å²) in [6.07, 6.45) is 3.86. The molecule has 0 unspecified atom stereocenters. The molecular weight excluding hydrogens is 152 g/mol. The monoisotopic (exact) mass is 168 g/mol. The van der Waals surface area contributed by atoms with Gasteiger partial charge in [-0.15, -0.1) is 0 Å². The third-order valence-electron chi connectivity index (χ3n) is 1.05. The Morgan fingerprint density at radius 3 is 2.58 bits per heavy atom. The number of rotatable bonds is 4. The molecule has 0 aliphatic heterocycles. The SMILES string of the molecule is C=C(C)/C=C/CC(=O)OC(C)C. The van der Waals surface area contributed by atoms with Gasteiger partial charge in [0.2, 0.25) is 0 Å². The van der Waals surface area contributed by atoms with Crippen LogP contribution in [0.2, 0.25) is 0 Å². The van der Waals surface area contributed by atoms with Crippen LogP contribution >= 0.6 is 0 Å². The van der Waals surface area contributed by atoms with Crippen LogP contribution < -0.4 is 0 Å². The van der Waals surface area contributed by atoms with Crippen LogP contribution in [-0.2, 0) is 9.53 Å². The van der Waals surface area contributed by atoms with E-state index in [2.05, 4.69) is 6.58 Å². The van der Waals surface area contributed by atoms with Crippen LogP contribution in [0.25, 0.3) is 0 Å². The number of carbonyl (C=O) groups is 1. The van der Waals surface area contributed by atoms with Crippen molar-refractivity contribution < 1.29 is 9.53 Å². The van der Waals surface area contributed by atoms with Gasteiger partial charge in [0.15, 0.2) is 0 Å². The van der Waals surface area contributed by atoms with E-state index in [1.165, 1.54) is 0 Å². The molecule has 0 aromatic carbocycles. The zero-order valence-electron chi connectivity index (χ0n) is 7.96. The second-order valence-electron chi connectivity index (χ2n) is 2.99. The van der Waals surface area contributed by atoms with Gasteiger partial charge in [-0.05, 0) is 20.8 Å². The highest BCUT2D eigenvalue weighted by Crippen LogP contribution is 1.96. The predicted molar refractivity (Wildman–Crippen MR) is 49.8 cm³/mol. The van der Waals surface area contributed by atoms with E-state index < -0.39 is 0 Å². The summed E-state index contributed by atoms with van der Waals surface area (Å²) in [5.74, 6) is -0.192. The van der Waals surface area contributed by atoms with Gasteiger partial charge in [0.05, 0.1) is 12.5 Å². The molecule has 0 spiro atoms. The molecule has 2 nitrogen and oxygen atoms in total. The maximum absolute atomic E-state index is 10.9. The lowest BCUT2D eigenvalue weighted by molar-refractivity contribution is -0.146. The van der Waals surface area contributed by atoms with Crippen LogP contribution in [0.5, 0.6) is 0 Å². The van der Waals surface area contributed by atoms with Crippen LogP contribution in [0, 0.1) is 0 Å². The van der Waals surface area contributed by atoms with Gasteiger partial charge >= 0.3 is 5.97 Å². The molecule has 0 aromatic rings. The Balaban J connectivity index is 3.64. The molecule has 0 bridgehead atoms. The van der Waals surface area contributed by atoms with Gasteiger partial charge in [-0.3, -0.25) is 4.79 Å². The molecule has 68 valence electrons. The summed E-state index contributed by atoms with van der Waals surface area (Å²) >= 11 is 0. The molecular formula is C10H16O2. The maximum Gasteiger partial charge on any atom is 0.309 e. The summed E-state index contributed by atoms with van der Waals surface area (Å²) in [5.41, 5.74) is 0.937. The molecule has 0 radical (unpaired) electrons. The Kier molecular flexibility index (Phi) is 5.09. The van der Waals surface area contributed by atoms with Crippen molar-refractivity contribution in [3.05, 3.63) is 24.3 Å². The van der Waals surface area contributed by atoms with Gasteiger partial charge in [0, 0.05) is 0 Å². The fraction of sp³-hybridized carbons (Fsp3) is 0.500. The maximum atomic E-state index is 10.9. The van der Waals surface area contributed by atoms with Crippen LogP contribution in [0.1, 0.15) is 27.2 Å². The average Bonchev–Trinajstić information content (AvgIpc) is 1.84. The summed E-state index contributed by atoms with van der Waals surface area (Å²) < 4.78 is 4.91. The number of carbonyl (C=O) groups excluding carboxylic acids is 1. The molecule has 0 N–H and O–H groups in total. The van der Waals surface area contributed by atoms with E-state index in [1.807, 2.05) is 26.8 Å². The number of allylic oxidation sites excluding steroid dienone is 2. The third-order valence-corrected chi connectivity index (χ3v) is 1.05. The summed E-state index contributed by atoms with van der Waals surface area (Å²) in [7, 11) is 0. The van der Waals surface area contributed by atoms with E-state index in [4.69, 9.17) is 4.74 Å². The fourth-order valence-corrected chi connectivity index (χ4v) is 0.667. The summed E-state index contributed by atoms with van der Waals surface area (Å²) in [6, 6.07) is 0. The van der Waals surface area contributed by atoms with Crippen molar-refractivity contribution >= 4 is 5.97 Å². The minimum Gasteiger partial charge on any atom is -0.463 e. The lowest BCUT2D eigenvalue weighted by Crippen LogP contribution is -2.09. The highest BCUT2D eigenvalue weighted by Gasteiger charge is 2.01. The highest BCUT2D eigenvalue weighted by atomic mass is 16.5. The molecule has 0 heterocycles. The highest BCUT2D eigenvalue weighted by molar-refractivity contribution is 5.71. The summed E-state index contributed by atoms with van der Waals surface area (Å²) in [4.78, 5) is 10.9. The lowest BCUT2D eigenvalue weighted by Gasteiger charge is -2.05. The summed E-state index contributed by atoms with van der Waals surface area (Å²) in [6.45, 7) is 9.22. The lowest BCUT2D eigenvalue weighted by atomic mass is 10.3. The quantitative estimate of drug-likeness (QED) is 0.476. The van der Waals surface area contributed by atoms with Gasteiger partial charge in [0.1, 0.15) is 0 Å². The van der Waals surface area contributed by atoms with Crippen molar-refractivity contribution in [1.29, 1.82) is 0 Å². The smallest absolute Gasteiger partial charge is 0.309 e. The van der Waals surface area contributed by atoms with Crippen molar-refractivity contribution in [3.63, 3.8) is 0 Å². The molecule has 0 amide bonds. The standard InChI is InChI=1S/C10H16O2/c1-8(2)6-5-7-10(11)12-9(3)4/h5-6,9H,1,7H2,2-4H3/b6-5+. The van der Waals surface area contributed by atoms with Crippen molar-refractivity contribution in [2.75, 3.05) is 0 Å². The molecule has 0 aliphatic rings. The molecule has 0 aliphatic carbocycles. The zero-order chi connectivity index (χ0) is 9.56. The molecule has 0 saturated heterocycles. The van der Waals surface area contributed by atoms with Crippen LogP contribution in [0.4, 0.5) is 0 Å². The third kappa shape index (κ3) is 7.06. The van der Waals surface area contributed by atoms with E-state index in [1.54, 1.807) is 6.08 Å². The first-order chi connectivity index (χ1) is 5.52. The molecule has 0 aromatic heterocycles. The Bertz CT molecular complexity index is 190. The largest absolute Gasteiger partial charge is 0.463 e. The van der Waals surface area contributed by atoms with Crippen molar-refractivity contribution in [1.82, 2.24) is 0 Å². The van der Waals surface area contributed by atoms with Crippen molar-refractivity contribution in [3.8, 4) is 0 Å². The average molecular weight is 168 g/mol. The van der Waals surface area contributed by atoms with Crippen molar-refractivity contribution in [2.45, 2.75) is 33.3 Å². The Morgan fingerprint density at radius 2 is 2.17 bits per heavy atom. The Morgan fingerprint density at radius 1 is 1.58 bits per heavy atom. The number of ether oxygens (including phenoxy) is 1. The van der Waals surface area contributed by atoms with Crippen LogP contribution in [0.3, 0.4) is 0 Å². The van der Waals surface area contributed by atoms with Gasteiger partial charge in [-0.1, -0.05) is 24.3 Å². The number of hydrogen-bond donors (Lipinski definition) is 0. The topological polar surface area (TPSA) is 26.3 Å². The first-order valence-electron chi connectivity index (χ1n) is 4.04. The van der Waals surface area contributed by atoms with Gasteiger partial charge < -0.3 is 4.74 Å². The predicted octanol–water partition coefficient (Wildman–Crippen LogP) is 2.46. The van der Waals surface area contributed by atoms with Crippen LogP contribution in [-0.4, -0.2) is 12.1 Å². The minimum atomic E-state index is -0.192. The second-order valence-corrected chi connectivity index (χ2v) is 2.99. The van der Waals surface area contributed by atoms with Crippen molar-refractivity contribution in [2.24, 2.45) is 0 Å². The van der Waals surface area contributed by atoms with Gasteiger partial charge in [-0.25, -0.2) is 0 Å². The molecule has 0 atom stereocenters. The molecule has 2 heteroatoms. The molecule has 0 saturated carbocycles. The fourth-order valence-electron chi connectivity index (χ4n) is 0.667. The van der Waals surface area contributed by atoms with Gasteiger partial charge in [-0.2, -0.15) is 0 Å². The Labute approximate surface area is 73.9 Å². The minimum absolute atomic E-state index is 0.0317. The number of esters is 1. The van der Waals surface area contributed by atoms with E-state index in [0.29, 0.717) is 6.42 Å². The van der Waals surface area contributed by atoms with Gasteiger partial charge in [0.25, 0.3) is 0 Å². The van der Waals surface area contributed by atoms with E-state index in [0.717, 1.165) is 5.57 Å². The number of hydrogen-bond acceptors (Lipinski definition) is 2. The van der Waals surface area contributed by atoms with Crippen LogP contribution in [0.15, 0.2) is 24.3 Å². The second kappa shape index (κ2) is 5.58. The molecule has 0 rings (SSSR count). The normalized spacial score (nSPS) is 10.7. The molecule has 0 fully saturated rings. The molecule has 12 heavy (non-hydrogen) atoms. The summed E-state index contributed by atoms with van der Waals surface area (Å²) in [5, 5.41) is 0. The van der Waals surface area contributed by atoms with E-state index in [-0.39, 0.29) is 12.1 Å². The first kappa shape index (κ1) is 11.0. The first-order valence-corrected chi connectivity index (χ1v) is 4.04.